The lowest BCUT2D eigenvalue weighted by Crippen LogP contribution is -1.99. The number of nitriles is 1. The van der Waals surface area contributed by atoms with Crippen molar-refractivity contribution in [3.63, 3.8) is 0 Å². The highest BCUT2D eigenvalue weighted by molar-refractivity contribution is 6.31. The molecule has 0 atom stereocenters. The highest BCUT2D eigenvalue weighted by Gasteiger charge is 2.11. The van der Waals surface area contributed by atoms with E-state index in [2.05, 4.69) is 11.1 Å². The second-order valence-electron chi connectivity index (χ2n) is 6.91. The third-order valence-electron chi connectivity index (χ3n) is 4.86. The van der Waals surface area contributed by atoms with E-state index in [4.69, 9.17) is 16.7 Å². The molecule has 0 spiro atoms. The number of carboxylic acids is 1. The summed E-state index contributed by atoms with van der Waals surface area (Å²) in [6, 6.07) is 16.8. The molecule has 4 rings (SSSR count). The van der Waals surface area contributed by atoms with Gasteiger partial charge in [-0.1, -0.05) is 29.8 Å². The number of fused-ring (bicyclic) bond motifs is 1. The molecule has 0 radical (unpaired) electrons. The number of aromatic nitrogens is 2. The quantitative estimate of drug-likeness (QED) is 0.415. The first kappa shape index (κ1) is 20.3. The average Bonchev–Trinajstić information content (AvgIpc) is 3.09. The lowest BCUT2D eigenvalue weighted by Gasteiger charge is -2.06. The van der Waals surface area contributed by atoms with Crippen molar-refractivity contribution >= 4 is 40.1 Å². The second kappa shape index (κ2) is 8.42. The van der Waals surface area contributed by atoms with Crippen LogP contribution in [-0.2, 0) is 6.54 Å². The van der Waals surface area contributed by atoms with Crippen molar-refractivity contribution in [3.8, 4) is 6.07 Å². The van der Waals surface area contributed by atoms with Gasteiger partial charge in [-0.25, -0.2) is 14.2 Å². The highest BCUT2D eigenvalue weighted by atomic mass is 35.5. The summed E-state index contributed by atoms with van der Waals surface area (Å²) in [5.74, 6) is -1.43. The predicted molar refractivity (Wildman–Crippen MR) is 117 cm³/mol. The topological polar surface area (TPSA) is 78.9 Å². The average molecular weight is 432 g/mol. The van der Waals surface area contributed by atoms with E-state index in [1.54, 1.807) is 30.3 Å². The maximum absolute atomic E-state index is 13.2. The number of benzene rings is 2. The van der Waals surface area contributed by atoms with Crippen LogP contribution in [-0.4, -0.2) is 20.6 Å². The molecule has 0 aliphatic heterocycles. The number of hydrogen-bond donors (Lipinski definition) is 1. The Balaban J connectivity index is 1.78. The molecule has 0 saturated carbocycles. The van der Waals surface area contributed by atoms with E-state index in [0.29, 0.717) is 22.7 Å². The van der Waals surface area contributed by atoms with Crippen LogP contribution in [0.1, 0.15) is 27.2 Å². The number of halogens is 2. The Hall–Kier alpha value is -3.95. The molecule has 0 fully saturated rings. The summed E-state index contributed by atoms with van der Waals surface area (Å²) in [5.41, 5.74) is 3.36. The molecule has 152 valence electrons. The molecular formula is C24H15ClFN3O2. The molecular weight excluding hydrogens is 417 g/mol. The molecule has 2 aromatic carbocycles. The predicted octanol–water partition coefficient (Wildman–Crippen LogP) is 5.64. The monoisotopic (exact) mass is 431 g/mol. The standard InChI is InChI=1S/C24H15ClFN3O2/c25-19-4-7-21-18(9-17(11-27)16-3-8-22(24(30)31)28-12-16)14-29(23(21)10-19)13-15-1-5-20(26)6-2-15/h1-10,12,14H,13H2,(H,30,31)/b17-9+. The second-order valence-corrected chi connectivity index (χ2v) is 7.34. The minimum atomic E-state index is -1.13. The van der Waals surface area contributed by atoms with Gasteiger partial charge in [-0.05, 0) is 48.0 Å². The first-order valence-electron chi connectivity index (χ1n) is 9.29. The van der Waals surface area contributed by atoms with Gasteiger partial charge in [-0.2, -0.15) is 5.26 Å². The van der Waals surface area contributed by atoms with E-state index in [1.807, 2.05) is 22.9 Å². The van der Waals surface area contributed by atoms with Crippen molar-refractivity contribution in [2.24, 2.45) is 0 Å². The van der Waals surface area contributed by atoms with Crippen LogP contribution in [0.5, 0.6) is 0 Å². The van der Waals surface area contributed by atoms with E-state index < -0.39 is 5.97 Å². The maximum Gasteiger partial charge on any atom is 0.354 e. The Morgan fingerprint density at radius 2 is 1.97 bits per heavy atom. The van der Waals surface area contributed by atoms with Crippen LogP contribution in [0, 0.1) is 17.1 Å². The molecule has 0 saturated heterocycles. The number of hydrogen-bond acceptors (Lipinski definition) is 3. The highest BCUT2D eigenvalue weighted by Crippen LogP contribution is 2.29. The van der Waals surface area contributed by atoms with E-state index in [0.717, 1.165) is 22.0 Å². The molecule has 4 aromatic rings. The summed E-state index contributed by atoms with van der Waals surface area (Å²) in [6.07, 6.45) is 5.00. The number of allylic oxidation sites excluding steroid dienone is 1. The number of pyridine rings is 1. The van der Waals surface area contributed by atoms with Crippen molar-refractivity contribution in [3.05, 3.63) is 100 Å². The lowest BCUT2D eigenvalue weighted by atomic mass is 10.0. The zero-order chi connectivity index (χ0) is 22.0. The van der Waals surface area contributed by atoms with Crippen LogP contribution in [0.3, 0.4) is 0 Å². The fourth-order valence-corrected chi connectivity index (χ4v) is 3.51. The van der Waals surface area contributed by atoms with Gasteiger partial charge in [-0.3, -0.25) is 0 Å². The molecule has 2 aromatic heterocycles. The Bertz CT molecular complexity index is 1350. The molecule has 0 bridgehead atoms. The van der Waals surface area contributed by atoms with Crippen molar-refractivity contribution in [1.82, 2.24) is 9.55 Å². The van der Waals surface area contributed by atoms with Crippen LogP contribution in [0.25, 0.3) is 22.6 Å². The molecule has 31 heavy (non-hydrogen) atoms. The first-order chi connectivity index (χ1) is 14.9. The summed E-state index contributed by atoms with van der Waals surface area (Å²) in [7, 11) is 0. The Morgan fingerprint density at radius 3 is 2.61 bits per heavy atom. The maximum atomic E-state index is 13.2. The van der Waals surface area contributed by atoms with Gasteiger partial charge < -0.3 is 9.67 Å². The number of rotatable bonds is 5. The summed E-state index contributed by atoms with van der Waals surface area (Å²) < 4.78 is 15.2. The smallest absolute Gasteiger partial charge is 0.354 e. The fourth-order valence-electron chi connectivity index (χ4n) is 3.34. The zero-order valence-corrected chi connectivity index (χ0v) is 16.8. The Kier molecular flexibility index (Phi) is 5.52. The van der Waals surface area contributed by atoms with Gasteiger partial charge in [0.05, 0.1) is 17.2 Å². The largest absolute Gasteiger partial charge is 0.477 e. The minimum absolute atomic E-state index is 0.0911. The summed E-state index contributed by atoms with van der Waals surface area (Å²) in [5, 5.41) is 20.2. The summed E-state index contributed by atoms with van der Waals surface area (Å²) in [4.78, 5) is 14.9. The van der Waals surface area contributed by atoms with Crippen molar-refractivity contribution < 1.29 is 14.3 Å². The van der Waals surface area contributed by atoms with Gasteiger partial charge >= 0.3 is 5.97 Å². The molecule has 0 unspecified atom stereocenters. The van der Waals surface area contributed by atoms with Gasteiger partial charge in [0.25, 0.3) is 0 Å². The van der Waals surface area contributed by atoms with Crippen LogP contribution in [0.4, 0.5) is 4.39 Å². The van der Waals surface area contributed by atoms with Crippen molar-refractivity contribution in [1.29, 1.82) is 5.26 Å². The third-order valence-corrected chi connectivity index (χ3v) is 5.09. The van der Waals surface area contributed by atoms with Crippen molar-refractivity contribution in [2.75, 3.05) is 0 Å². The summed E-state index contributed by atoms with van der Waals surface area (Å²) in [6.45, 7) is 0.502. The van der Waals surface area contributed by atoms with E-state index in [1.165, 1.54) is 24.4 Å². The van der Waals surface area contributed by atoms with Crippen LogP contribution in [0.15, 0.2) is 67.0 Å². The number of nitrogens with zero attached hydrogens (tertiary/aromatic N) is 3. The van der Waals surface area contributed by atoms with E-state index in [9.17, 15) is 14.4 Å². The normalized spacial score (nSPS) is 11.5. The number of carboxylic acid groups (broad SMARTS) is 1. The van der Waals surface area contributed by atoms with Crippen LogP contribution in [0.2, 0.25) is 5.02 Å². The lowest BCUT2D eigenvalue weighted by molar-refractivity contribution is 0.0690. The number of carbonyl (C=O) groups is 1. The van der Waals surface area contributed by atoms with Gasteiger partial charge in [0.1, 0.15) is 11.5 Å². The zero-order valence-electron chi connectivity index (χ0n) is 16.1. The molecule has 2 heterocycles. The third kappa shape index (κ3) is 4.32. The molecule has 0 aliphatic rings. The van der Waals surface area contributed by atoms with Crippen LogP contribution < -0.4 is 0 Å². The molecule has 7 heteroatoms. The first-order valence-corrected chi connectivity index (χ1v) is 9.67. The van der Waals surface area contributed by atoms with Gasteiger partial charge in [0.2, 0.25) is 0 Å². The molecule has 5 nitrogen and oxygen atoms in total. The van der Waals surface area contributed by atoms with Gasteiger partial charge in [0.15, 0.2) is 0 Å². The summed E-state index contributed by atoms with van der Waals surface area (Å²) >= 11 is 6.21. The molecule has 1 N–H and O–H groups in total. The van der Waals surface area contributed by atoms with Gasteiger partial charge in [-0.15, -0.1) is 0 Å². The minimum Gasteiger partial charge on any atom is -0.477 e. The van der Waals surface area contributed by atoms with E-state index >= 15 is 0 Å². The Labute approximate surface area is 182 Å². The van der Waals surface area contributed by atoms with Gasteiger partial charge in [0, 0.05) is 40.5 Å². The molecule has 0 aliphatic carbocycles. The molecule has 0 amide bonds. The van der Waals surface area contributed by atoms with Crippen molar-refractivity contribution in [2.45, 2.75) is 6.54 Å². The SMILES string of the molecule is N#C/C(=C\c1cn(Cc2ccc(F)cc2)c2cc(Cl)ccc12)c1ccc(C(=O)O)nc1. The van der Waals surface area contributed by atoms with E-state index in [-0.39, 0.29) is 11.5 Å². The fraction of sp³-hybridized carbons (Fsp3) is 0.0417. The van der Waals surface area contributed by atoms with Crippen LogP contribution >= 0.6 is 11.6 Å². The Morgan fingerprint density at radius 1 is 1.19 bits per heavy atom. The number of aromatic carboxylic acids is 1.